The van der Waals surface area contributed by atoms with Gasteiger partial charge in [-0.1, -0.05) is 6.07 Å². The minimum Gasteiger partial charge on any atom is -0.481 e. The van der Waals surface area contributed by atoms with Crippen LogP contribution < -0.4 is 0 Å². The summed E-state index contributed by atoms with van der Waals surface area (Å²) in [5.74, 6) is -0.721. The summed E-state index contributed by atoms with van der Waals surface area (Å²) in [6, 6.07) is 3.70. The third-order valence-corrected chi connectivity index (χ3v) is 3.69. The van der Waals surface area contributed by atoms with Crippen molar-refractivity contribution >= 4 is 5.97 Å². The minimum atomic E-state index is -0.751. The zero-order valence-electron chi connectivity index (χ0n) is 10.1. The molecule has 1 saturated heterocycles. The molecule has 4 nitrogen and oxygen atoms in total. The highest BCUT2D eigenvalue weighted by atomic mass is 16.4. The molecule has 92 valence electrons. The Labute approximate surface area is 101 Å². The molecule has 1 aromatic rings. The Morgan fingerprint density at radius 2 is 2.29 bits per heavy atom. The predicted octanol–water partition coefficient (Wildman–Crippen LogP) is 1.52. The molecule has 1 N–H and O–H groups in total. The van der Waals surface area contributed by atoms with Gasteiger partial charge in [-0.3, -0.25) is 9.78 Å². The fourth-order valence-corrected chi connectivity index (χ4v) is 2.54. The summed E-state index contributed by atoms with van der Waals surface area (Å²) < 4.78 is 0. The van der Waals surface area contributed by atoms with Crippen LogP contribution in [0.2, 0.25) is 0 Å². The van der Waals surface area contributed by atoms with E-state index in [2.05, 4.69) is 9.88 Å². The van der Waals surface area contributed by atoms with Crippen LogP contribution in [-0.2, 0) is 10.2 Å². The van der Waals surface area contributed by atoms with E-state index in [9.17, 15) is 9.90 Å². The van der Waals surface area contributed by atoms with Crippen molar-refractivity contribution in [1.82, 2.24) is 9.88 Å². The van der Waals surface area contributed by atoms with E-state index in [0.717, 1.165) is 25.1 Å². The maximum absolute atomic E-state index is 11.7. The Morgan fingerprint density at radius 3 is 2.94 bits per heavy atom. The van der Waals surface area contributed by atoms with Crippen molar-refractivity contribution in [2.75, 3.05) is 20.1 Å². The average molecular weight is 234 g/mol. The van der Waals surface area contributed by atoms with Crippen LogP contribution >= 0.6 is 0 Å². The molecule has 0 spiro atoms. The van der Waals surface area contributed by atoms with Crippen LogP contribution in [-0.4, -0.2) is 41.1 Å². The second kappa shape index (κ2) is 4.84. The highest BCUT2D eigenvalue weighted by Gasteiger charge is 2.41. The van der Waals surface area contributed by atoms with E-state index < -0.39 is 11.4 Å². The van der Waals surface area contributed by atoms with Crippen LogP contribution in [0.3, 0.4) is 0 Å². The molecule has 1 fully saturated rings. The minimum absolute atomic E-state index is 0.657. The Balaban J connectivity index is 2.36. The zero-order chi connectivity index (χ0) is 12.3. The Bertz CT molecular complexity index is 394. The fourth-order valence-electron chi connectivity index (χ4n) is 2.54. The molecule has 1 aliphatic rings. The average Bonchev–Trinajstić information content (AvgIpc) is 2.53. The normalized spacial score (nSPS) is 26.4. The van der Waals surface area contributed by atoms with Gasteiger partial charge in [0, 0.05) is 12.4 Å². The van der Waals surface area contributed by atoms with Crippen molar-refractivity contribution in [2.24, 2.45) is 0 Å². The molecule has 0 aromatic carbocycles. The number of hydrogen-bond donors (Lipinski definition) is 1. The number of carboxylic acids is 1. The molecule has 1 unspecified atom stereocenters. The van der Waals surface area contributed by atoms with Gasteiger partial charge >= 0.3 is 5.97 Å². The molecule has 17 heavy (non-hydrogen) atoms. The summed E-state index contributed by atoms with van der Waals surface area (Å²) in [5, 5.41) is 9.61. The molecule has 0 saturated carbocycles. The third kappa shape index (κ3) is 2.31. The number of hydrogen-bond acceptors (Lipinski definition) is 3. The quantitative estimate of drug-likeness (QED) is 0.843. The topological polar surface area (TPSA) is 53.4 Å². The zero-order valence-corrected chi connectivity index (χ0v) is 10.1. The van der Waals surface area contributed by atoms with Gasteiger partial charge in [0.25, 0.3) is 0 Å². The van der Waals surface area contributed by atoms with E-state index in [1.165, 1.54) is 0 Å². The molecule has 2 heterocycles. The van der Waals surface area contributed by atoms with Crippen LogP contribution in [0.1, 0.15) is 24.8 Å². The van der Waals surface area contributed by atoms with Crippen LogP contribution in [0.4, 0.5) is 0 Å². The van der Waals surface area contributed by atoms with Crippen molar-refractivity contribution in [3.05, 3.63) is 30.1 Å². The van der Waals surface area contributed by atoms with Gasteiger partial charge < -0.3 is 10.0 Å². The SMILES string of the molecule is CN1CCCC(C(=O)O)(c2cccnc2)CC1. The van der Waals surface area contributed by atoms with Crippen molar-refractivity contribution in [1.29, 1.82) is 0 Å². The molecule has 1 atom stereocenters. The summed E-state index contributed by atoms with van der Waals surface area (Å²) in [4.78, 5) is 17.9. The van der Waals surface area contributed by atoms with Crippen molar-refractivity contribution in [3.8, 4) is 0 Å². The summed E-state index contributed by atoms with van der Waals surface area (Å²) in [5.41, 5.74) is 0.0850. The summed E-state index contributed by atoms with van der Waals surface area (Å²) in [6.45, 7) is 1.79. The van der Waals surface area contributed by atoms with Gasteiger partial charge in [0.1, 0.15) is 0 Å². The molecule has 0 bridgehead atoms. The molecule has 0 amide bonds. The Morgan fingerprint density at radius 1 is 1.47 bits per heavy atom. The lowest BCUT2D eigenvalue weighted by Crippen LogP contribution is -2.37. The first-order valence-corrected chi connectivity index (χ1v) is 5.97. The third-order valence-electron chi connectivity index (χ3n) is 3.69. The lowest BCUT2D eigenvalue weighted by molar-refractivity contribution is -0.144. The van der Waals surface area contributed by atoms with E-state index in [-0.39, 0.29) is 0 Å². The molecule has 2 rings (SSSR count). The summed E-state index contributed by atoms with van der Waals surface area (Å²) >= 11 is 0. The van der Waals surface area contributed by atoms with Crippen molar-refractivity contribution in [3.63, 3.8) is 0 Å². The molecular formula is C13H18N2O2. The first-order chi connectivity index (χ1) is 8.15. The molecule has 4 heteroatoms. The van der Waals surface area contributed by atoms with Crippen molar-refractivity contribution in [2.45, 2.75) is 24.7 Å². The number of rotatable bonds is 2. The van der Waals surface area contributed by atoms with Gasteiger partial charge in [-0.2, -0.15) is 0 Å². The van der Waals surface area contributed by atoms with Gasteiger partial charge in [-0.05, 0) is 51.0 Å². The maximum atomic E-state index is 11.7. The molecule has 1 aliphatic heterocycles. The van der Waals surface area contributed by atoms with Gasteiger partial charge in [0.15, 0.2) is 0 Å². The van der Waals surface area contributed by atoms with E-state index in [1.807, 2.05) is 19.2 Å². The van der Waals surface area contributed by atoms with Crippen LogP contribution in [0.25, 0.3) is 0 Å². The monoisotopic (exact) mass is 234 g/mol. The lowest BCUT2D eigenvalue weighted by atomic mass is 9.75. The van der Waals surface area contributed by atoms with Gasteiger partial charge in [0.2, 0.25) is 0 Å². The first kappa shape index (κ1) is 12.0. The van der Waals surface area contributed by atoms with E-state index in [1.54, 1.807) is 12.4 Å². The van der Waals surface area contributed by atoms with Crippen molar-refractivity contribution < 1.29 is 9.90 Å². The molecule has 1 aromatic heterocycles. The molecule has 0 radical (unpaired) electrons. The highest BCUT2D eigenvalue weighted by molar-refractivity contribution is 5.81. The first-order valence-electron chi connectivity index (χ1n) is 5.97. The van der Waals surface area contributed by atoms with Gasteiger partial charge in [-0.25, -0.2) is 0 Å². The Kier molecular flexibility index (Phi) is 3.43. The van der Waals surface area contributed by atoms with E-state index >= 15 is 0 Å². The number of nitrogens with zero attached hydrogens (tertiary/aromatic N) is 2. The smallest absolute Gasteiger partial charge is 0.314 e. The molecule has 0 aliphatic carbocycles. The second-order valence-corrected chi connectivity index (χ2v) is 4.79. The van der Waals surface area contributed by atoms with E-state index in [4.69, 9.17) is 0 Å². The predicted molar refractivity (Wildman–Crippen MR) is 64.9 cm³/mol. The highest BCUT2D eigenvalue weighted by Crippen LogP contribution is 2.35. The fraction of sp³-hybridized carbons (Fsp3) is 0.538. The molecular weight excluding hydrogens is 216 g/mol. The summed E-state index contributed by atoms with van der Waals surface area (Å²) in [6.07, 6.45) is 5.64. The van der Waals surface area contributed by atoms with Crippen LogP contribution in [0, 0.1) is 0 Å². The number of aliphatic carboxylic acids is 1. The van der Waals surface area contributed by atoms with Gasteiger partial charge in [-0.15, -0.1) is 0 Å². The number of aromatic nitrogens is 1. The maximum Gasteiger partial charge on any atom is 0.314 e. The number of likely N-dealkylation sites (tertiary alicyclic amines) is 1. The standard InChI is InChI=1S/C13H18N2O2/c1-15-8-3-5-13(6-9-15,12(16)17)11-4-2-7-14-10-11/h2,4,7,10H,3,5-6,8-9H2,1H3,(H,16,17). The number of carbonyl (C=O) groups is 1. The lowest BCUT2D eigenvalue weighted by Gasteiger charge is -2.28. The second-order valence-electron chi connectivity index (χ2n) is 4.79. The Hall–Kier alpha value is -1.42. The number of carboxylic acid groups (broad SMARTS) is 1. The van der Waals surface area contributed by atoms with E-state index in [0.29, 0.717) is 12.8 Å². The summed E-state index contributed by atoms with van der Waals surface area (Å²) in [7, 11) is 2.04. The van der Waals surface area contributed by atoms with Crippen LogP contribution in [0.15, 0.2) is 24.5 Å². The van der Waals surface area contributed by atoms with Crippen LogP contribution in [0.5, 0.6) is 0 Å². The van der Waals surface area contributed by atoms with Gasteiger partial charge in [0.05, 0.1) is 5.41 Å². The largest absolute Gasteiger partial charge is 0.481 e. The number of pyridine rings is 1.